The molecule has 2 aromatic carbocycles. The van der Waals surface area contributed by atoms with Gasteiger partial charge in [-0.05, 0) is 36.6 Å². The zero-order valence-corrected chi connectivity index (χ0v) is 26.6. The maximum atomic E-state index is 13.9. The summed E-state index contributed by atoms with van der Waals surface area (Å²) < 4.78 is 0. The number of nitrogens with one attached hydrogen (secondary N) is 1. The normalized spacial score (nSPS) is 23.3. The largest absolute Gasteiger partial charge is 0.369 e. The first-order chi connectivity index (χ1) is 20.6. The van der Waals surface area contributed by atoms with Crippen molar-refractivity contribution in [2.24, 2.45) is 5.41 Å². The lowest BCUT2D eigenvalue weighted by atomic mass is 9.92. The van der Waals surface area contributed by atoms with Gasteiger partial charge in [0.1, 0.15) is 5.37 Å². The number of anilines is 2. The van der Waals surface area contributed by atoms with Gasteiger partial charge in [-0.2, -0.15) is 0 Å². The number of hydrogen-bond donors (Lipinski definition) is 1. The van der Waals surface area contributed by atoms with Crippen LogP contribution in [-0.2, 0) is 16.1 Å². The maximum absolute atomic E-state index is 13.9. The van der Waals surface area contributed by atoms with Gasteiger partial charge in [-0.25, -0.2) is 4.79 Å². The van der Waals surface area contributed by atoms with Crippen LogP contribution < -0.4 is 10.2 Å². The molecule has 6 rings (SSSR count). The molecule has 3 saturated heterocycles. The van der Waals surface area contributed by atoms with E-state index in [0.29, 0.717) is 26.2 Å². The van der Waals surface area contributed by atoms with Crippen LogP contribution in [0.5, 0.6) is 0 Å². The van der Waals surface area contributed by atoms with Crippen molar-refractivity contribution >= 4 is 41.0 Å². The Morgan fingerprint density at radius 2 is 1.67 bits per heavy atom. The molecule has 4 aliphatic heterocycles. The van der Waals surface area contributed by atoms with Gasteiger partial charge in [0, 0.05) is 75.7 Å². The third-order valence-electron chi connectivity index (χ3n) is 9.16. The van der Waals surface area contributed by atoms with Crippen LogP contribution in [0, 0.1) is 5.41 Å². The van der Waals surface area contributed by atoms with E-state index in [9.17, 15) is 14.4 Å². The van der Waals surface area contributed by atoms with E-state index in [1.54, 1.807) is 16.7 Å². The molecule has 2 unspecified atom stereocenters. The Morgan fingerprint density at radius 1 is 0.977 bits per heavy atom. The van der Waals surface area contributed by atoms with Crippen molar-refractivity contribution in [1.29, 1.82) is 0 Å². The minimum Gasteiger partial charge on any atom is -0.369 e. The third-order valence-corrected chi connectivity index (χ3v) is 10.6. The molecule has 2 aromatic rings. The van der Waals surface area contributed by atoms with E-state index in [1.165, 1.54) is 5.69 Å². The summed E-state index contributed by atoms with van der Waals surface area (Å²) in [7, 11) is 2.16. The van der Waals surface area contributed by atoms with E-state index in [-0.39, 0.29) is 41.1 Å². The fraction of sp³-hybridized carbons (Fsp3) is 0.545. The van der Waals surface area contributed by atoms with Crippen LogP contribution in [0.3, 0.4) is 0 Å². The van der Waals surface area contributed by atoms with E-state index >= 15 is 0 Å². The van der Waals surface area contributed by atoms with E-state index in [0.717, 1.165) is 49.4 Å². The topological polar surface area (TPSA) is 79.4 Å². The standard InChI is InChI=1S/C33H44N6O3S/c1-33(2,3)13-14-38-30(41)28(43-31(38)25-10-6-8-12-27(25)36-17-15-35(4)16-18-36)19-29(40)37-21-24(22-37)39-20-23-9-5-7-11-26(23)34-32(39)42/h5-12,24,28,31H,13-22H2,1-4H3,(H,34,42). The minimum absolute atomic E-state index is 0.0105. The van der Waals surface area contributed by atoms with Crippen molar-refractivity contribution in [2.45, 2.75) is 56.8 Å². The van der Waals surface area contributed by atoms with Crippen molar-refractivity contribution in [3.05, 3.63) is 59.7 Å². The summed E-state index contributed by atoms with van der Waals surface area (Å²) in [5, 5.41) is 2.43. The summed E-state index contributed by atoms with van der Waals surface area (Å²) in [6.45, 7) is 12.8. The third kappa shape index (κ3) is 6.36. The van der Waals surface area contributed by atoms with Crippen molar-refractivity contribution in [3.63, 3.8) is 0 Å². The molecule has 0 spiro atoms. The molecular formula is C33H44N6O3S. The summed E-state index contributed by atoms with van der Waals surface area (Å²) in [5.41, 5.74) is 4.38. The molecule has 0 radical (unpaired) electrons. The van der Waals surface area contributed by atoms with Gasteiger partial charge in [0.25, 0.3) is 0 Å². The Balaban J connectivity index is 1.13. The molecule has 9 nitrogen and oxygen atoms in total. The second-order valence-corrected chi connectivity index (χ2v) is 14.8. The van der Waals surface area contributed by atoms with Gasteiger partial charge in [-0.3, -0.25) is 9.59 Å². The highest BCUT2D eigenvalue weighted by atomic mass is 32.2. The van der Waals surface area contributed by atoms with E-state index in [2.05, 4.69) is 67.2 Å². The van der Waals surface area contributed by atoms with Crippen LogP contribution >= 0.6 is 11.8 Å². The number of rotatable bonds is 7. The molecular weight excluding hydrogens is 560 g/mol. The molecule has 2 atom stereocenters. The zero-order valence-electron chi connectivity index (χ0n) is 25.8. The van der Waals surface area contributed by atoms with E-state index in [4.69, 9.17) is 0 Å². The van der Waals surface area contributed by atoms with Crippen molar-refractivity contribution in [1.82, 2.24) is 19.6 Å². The molecule has 230 valence electrons. The van der Waals surface area contributed by atoms with Crippen LogP contribution in [0.25, 0.3) is 0 Å². The molecule has 0 saturated carbocycles. The van der Waals surface area contributed by atoms with Crippen LogP contribution in [-0.4, -0.2) is 102 Å². The fourth-order valence-electron chi connectivity index (χ4n) is 6.34. The number of benzene rings is 2. The summed E-state index contributed by atoms with van der Waals surface area (Å²) in [6, 6.07) is 16.2. The first-order valence-electron chi connectivity index (χ1n) is 15.5. The Morgan fingerprint density at radius 3 is 2.42 bits per heavy atom. The Kier molecular flexibility index (Phi) is 8.35. The van der Waals surface area contributed by atoms with Gasteiger partial charge < -0.3 is 29.8 Å². The lowest BCUT2D eigenvalue weighted by Gasteiger charge is -2.46. The Hall–Kier alpha value is -3.24. The highest BCUT2D eigenvalue weighted by Gasteiger charge is 2.45. The second kappa shape index (κ2) is 12.0. The number of carbonyl (C=O) groups is 3. The number of nitrogens with zero attached hydrogens (tertiary/aromatic N) is 5. The molecule has 1 N–H and O–H groups in total. The smallest absolute Gasteiger partial charge is 0.322 e. The number of carbonyl (C=O) groups excluding carboxylic acids is 3. The maximum Gasteiger partial charge on any atom is 0.322 e. The van der Waals surface area contributed by atoms with E-state index < -0.39 is 5.25 Å². The number of urea groups is 1. The number of likely N-dealkylation sites (tertiary alicyclic amines) is 1. The van der Waals surface area contributed by atoms with Crippen LogP contribution in [0.2, 0.25) is 0 Å². The predicted octanol–water partition coefficient (Wildman–Crippen LogP) is 4.47. The molecule has 4 heterocycles. The lowest BCUT2D eigenvalue weighted by Crippen LogP contribution is -2.63. The van der Waals surface area contributed by atoms with Gasteiger partial charge in [-0.1, -0.05) is 57.2 Å². The first kappa shape index (κ1) is 29.8. The quantitative estimate of drug-likeness (QED) is 0.503. The number of piperazine rings is 1. The molecule has 10 heteroatoms. The highest BCUT2D eigenvalue weighted by molar-refractivity contribution is 8.01. The molecule has 4 aliphatic rings. The van der Waals surface area contributed by atoms with Crippen LogP contribution in [0.15, 0.2) is 48.5 Å². The average Bonchev–Trinajstić information content (AvgIpc) is 3.25. The summed E-state index contributed by atoms with van der Waals surface area (Å²) in [4.78, 5) is 50.6. The fourth-order valence-corrected chi connectivity index (χ4v) is 7.84. The molecule has 0 bridgehead atoms. The van der Waals surface area contributed by atoms with E-state index in [1.807, 2.05) is 34.1 Å². The zero-order chi connectivity index (χ0) is 30.3. The van der Waals surface area contributed by atoms with Gasteiger partial charge in [0.15, 0.2) is 0 Å². The van der Waals surface area contributed by atoms with Crippen LogP contribution in [0.1, 0.15) is 50.1 Å². The van der Waals surface area contributed by atoms with Crippen molar-refractivity contribution < 1.29 is 14.4 Å². The van der Waals surface area contributed by atoms with Gasteiger partial charge in [0.05, 0.1) is 11.3 Å². The first-order valence-corrected chi connectivity index (χ1v) is 16.4. The van der Waals surface area contributed by atoms with Gasteiger partial charge in [-0.15, -0.1) is 11.8 Å². The Bertz CT molecular complexity index is 1360. The van der Waals surface area contributed by atoms with Crippen molar-refractivity contribution in [3.8, 4) is 0 Å². The van der Waals surface area contributed by atoms with Gasteiger partial charge in [0.2, 0.25) is 11.8 Å². The van der Waals surface area contributed by atoms with Crippen molar-refractivity contribution in [2.75, 3.05) is 63.1 Å². The number of fused-ring (bicyclic) bond motifs is 1. The molecule has 0 aliphatic carbocycles. The average molecular weight is 605 g/mol. The predicted molar refractivity (Wildman–Crippen MR) is 172 cm³/mol. The number of hydrogen-bond acceptors (Lipinski definition) is 6. The number of likely N-dealkylation sites (N-methyl/N-ethyl adjacent to an activating group) is 1. The molecule has 43 heavy (non-hydrogen) atoms. The number of amides is 4. The second-order valence-electron chi connectivity index (χ2n) is 13.5. The Labute approximate surface area is 259 Å². The lowest BCUT2D eigenvalue weighted by molar-refractivity contribution is -0.140. The SMILES string of the molecule is CN1CCN(c2ccccc2C2SC(CC(=O)N3CC(N4Cc5ccccc5NC4=O)C3)C(=O)N2CCC(C)(C)C)CC1. The molecule has 4 amide bonds. The number of thioether (sulfide) groups is 1. The summed E-state index contributed by atoms with van der Waals surface area (Å²) >= 11 is 1.63. The summed E-state index contributed by atoms with van der Waals surface area (Å²) in [6.07, 6.45) is 1.08. The summed E-state index contributed by atoms with van der Waals surface area (Å²) in [5.74, 6) is 0.0496. The van der Waals surface area contributed by atoms with Crippen LogP contribution in [0.4, 0.5) is 16.2 Å². The molecule has 3 fully saturated rings. The molecule has 0 aromatic heterocycles. The van der Waals surface area contributed by atoms with Gasteiger partial charge >= 0.3 is 6.03 Å². The minimum atomic E-state index is -0.415. The highest BCUT2D eigenvalue weighted by Crippen LogP contribution is 2.48. The number of para-hydroxylation sites is 2. The monoisotopic (exact) mass is 604 g/mol.